The van der Waals surface area contributed by atoms with E-state index in [1.54, 1.807) is 39.9 Å². The molecule has 49 heavy (non-hydrogen) atoms. The third-order valence-corrected chi connectivity index (χ3v) is 9.90. The van der Waals surface area contributed by atoms with Gasteiger partial charge in [-0.15, -0.1) is 22.7 Å². The van der Waals surface area contributed by atoms with Crippen LogP contribution >= 0.6 is 22.7 Å². The molecule has 10 nitrogen and oxygen atoms in total. The lowest BCUT2D eigenvalue weighted by Crippen LogP contribution is -2.53. The van der Waals surface area contributed by atoms with Crippen LogP contribution in [-0.4, -0.2) is 68.9 Å². The summed E-state index contributed by atoms with van der Waals surface area (Å²) in [5, 5.41) is 6.02. The minimum atomic E-state index is -0.711. The van der Waals surface area contributed by atoms with Crippen LogP contribution in [-0.2, 0) is 35.8 Å². The Labute approximate surface area is 298 Å². The molecule has 4 aromatic rings. The molecule has 262 valence electrons. The molecule has 1 unspecified atom stereocenters. The lowest BCUT2D eigenvalue weighted by molar-refractivity contribution is -0.135. The predicted molar refractivity (Wildman–Crippen MR) is 195 cm³/mol. The summed E-state index contributed by atoms with van der Waals surface area (Å²) in [5.41, 5.74) is 4.56. The second-order valence-electron chi connectivity index (χ2n) is 12.7. The molecule has 2 heterocycles. The average molecular weight is 705 g/mol. The monoisotopic (exact) mass is 704 g/mol. The van der Waals surface area contributed by atoms with Crippen molar-refractivity contribution >= 4 is 40.7 Å². The van der Waals surface area contributed by atoms with Crippen molar-refractivity contribution < 1.29 is 19.1 Å². The maximum Gasteiger partial charge on any atom is 0.410 e. The van der Waals surface area contributed by atoms with E-state index in [1.807, 2.05) is 84.8 Å². The minimum absolute atomic E-state index is 0.135. The van der Waals surface area contributed by atoms with Gasteiger partial charge in [0.15, 0.2) is 0 Å². The van der Waals surface area contributed by atoms with E-state index in [-0.39, 0.29) is 30.6 Å². The summed E-state index contributed by atoms with van der Waals surface area (Å²) < 4.78 is 5.62. The molecule has 12 heteroatoms. The normalized spacial score (nSPS) is 11.7. The number of carbonyl (C=O) groups excluding carboxylic acids is 3. The molecule has 0 aliphatic carbocycles. The Morgan fingerprint density at radius 2 is 1.45 bits per heavy atom. The zero-order valence-electron chi connectivity index (χ0n) is 29.1. The van der Waals surface area contributed by atoms with E-state index >= 15 is 0 Å². The largest absolute Gasteiger partial charge is 0.444 e. The van der Waals surface area contributed by atoms with Gasteiger partial charge >= 0.3 is 12.1 Å². The molecular formula is C37H48N6O4S2. The first-order valence-corrected chi connectivity index (χ1v) is 18.5. The Bertz CT molecular complexity index is 1580. The molecule has 2 aromatic heterocycles. The van der Waals surface area contributed by atoms with Gasteiger partial charge in [-0.1, -0.05) is 88.4 Å². The van der Waals surface area contributed by atoms with E-state index in [9.17, 15) is 14.4 Å². The highest BCUT2D eigenvalue weighted by atomic mass is 32.1. The molecule has 0 spiro atoms. The van der Waals surface area contributed by atoms with Gasteiger partial charge in [0.05, 0.1) is 27.6 Å². The molecule has 0 fully saturated rings. The number of benzene rings is 2. The molecule has 0 saturated heterocycles. The van der Waals surface area contributed by atoms with E-state index in [2.05, 4.69) is 29.1 Å². The fourth-order valence-electron chi connectivity index (χ4n) is 5.18. The van der Waals surface area contributed by atoms with Gasteiger partial charge in [0, 0.05) is 50.7 Å². The first-order chi connectivity index (χ1) is 23.6. The van der Waals surface area contributed by atoms with Crippen molar-refractivity contribution in [2.75, 3.05) is 20.1 Å². The lowest BCUT2D eigenvalue weighted by Gasteiger charge is -2.31. The summed E-state index contributed by atoms with van der Waals surface area (Å²) in [6, 6.07) is 18.6. The molecule has 0 bridgehead atoms. The van der Waals surface area contributed by atoms with Crippen LogP contribution in [0.5, 0.6) is 0 Å². The molecule has 0 radical (unpaired) electrons. The molecule has 0 aliphatic rings. The number of ether oxygens (including phenoxy) is 1. The summed E-state index contributed by atoms with van der Waals surface area (Å²) in [6.07, 6.45) is 2.63. The first kappa shape index (κ1) is 37.5. The zero-order valence-corrected chi connectivity index (χ0v) is 30.7. The number of nitrogens with zero attached hydrogens (tertiary/aromatic N) is 5. The number of thiazole rings is 2. The Morgan fingerprint density at radius 3 is 2.00 bits per heavy atom. The highest BCUT2D eigenvalue weighted by molar-refractivity contribution is 7.09. The van der Waals surface area contributed by atoms with Crippen molar-refractivity contribution in [2.24, 2.45) is 5.92 Å². The number of nitrogens with one attached hydrogen (secondary N) is 1. The quantitative estimate of drug-likeness (QED) is 0.114. The van der Waals surface area contributed by atoms with Crippen LogP contribution in [0.4, 0.5) is 9.59 Å². The van der Waals surface area contributed by atoms with Crippen molar-refractivity contribution in [1.82, 2.24) is 30.0 Å². The van der Waals surface area contributed by atoms with Gasteiger partial charge in [-0.2, -0.15) is 0 Å². The fourth-order valence-corrected chi connectivity index (χ4v) is 6.51. The van der Waals surface area contributed by atoms with Crippen LogP contribution in [0.15, 0.2) is 77.8 Å². The SMILES string of the molecule is CC(C)c1nc(CN(C)C(=O)NC(C(=O)N(CCCCN(Cc2ccccc2)C(=O)OCc2cncs2)Cc2ccccc2)C(C)C)cs1. The van der Waals surface area contributed by atoms with Crippen molar-refractivity contribution in [3.63, 3.8) is 0 Å². The fraction of sp³-hybridized carbons (Fsp3) is 0.432. The Morgan fingerprint density at radius 1 is 0.837 bits per heavy atom. The number of hydrogen-bond donors (Lipinski definition) is 1. The number of carbonyl (C=O) groups is 3. The van der Waals surface area contributed by atoms with E-state index < -0.39 is 6.04 Å². The van der Waals surface area contributed by atoms with Gasteiger partial charge in [0.1, 0.15) is 12.6 Å². The maximum absolute atomic E-state index is 14.2. The van der Waals surface area contributed by atoms with E-state index in [0.29, 0.717) is 51.5 Å². The van der Waals surface area contributed by atoms with Crippen LogP contribution in [0, 0.1) is 5.92 Å². The van der Waals surface area contributed by atoms with Crippen molar-refractivity contribution in [1.29, 1.82) is 0 Å². The van der Waals surface area contributed by atoms with Gasteiger partial charge in [-0.05, 0) is 29.9 Å². The van der Waals surface area contributed by atoms with Crippen LogP contribution in [0.3, 0.4) is 0 Å². The number of rotatable bonds is 17. The van der Waals surface area contributed by atoms with Gasteiger partial charge in [-0.3, -0.25) is 9.78 Å². The van der Waals surface area contributed by atoms with Crippen LogP contribution in [0.25, 0.3) is 0 Å². The molecule has 1 N–H and O–H groups in total. The molecule has 4 rings (SSSR count). The molecule has 1 atom stereocenters. The Balaban J connectivity index is 1.40. The second kappa shape index (κ2) is 19.0. The topological polar surface area (TPSA) is 108 Å². The average Bonchev–Trinajstić information content (AvgIpc) is 3.80. The molecule has 0 saturated carbocycles. The van der Waals surface area contributed by atoms with E-state index in [1.165, 1.54) is 11.3 Å². The van der Waals surface area contributed by atoms with Crippen molar-refractivity contribution in [3.8, 4) is 0 Å². The maximum atomic E-state index is 14.2. The summed E-state index contributed by atoms with van der Waals surface area (Å²) in [6.45, 7) is 10.4. The third-order valence-electron chi connectivity index (χ3n) is 7.95. The van der Waals surface area contributed by atoms with Gasteiger partial charge < -0.3 is 24.8 Å². The summed E-state index contributed by atoms with van der Waals surface area (Å²) in [7, 11) is 1.72. The first-order valence-electron chi connectivity index (χ1n) is 16.7. The summed E-state index contributed by atoms with van der Waals surface area (Å²) >= 11 is 3.04. The van der Waals surface area contributed by atoms with E-state index in [0.717, 1.165) is 26.7 Å². The highest BCUT2D eigenvalue weighted by Gasteiger charge is 2.30. The Hall–Kier alpha value is -4.29. The molecular weight excluding hydrogens is 657 g/mol. The van der Waals surface area contributed by atoms with E-state index in [4.69, 9.17) is 4.74 Å². The minimum Gasteiger partial charge on any atom is -0.444 e. The second-order valence-corrected chi connectivity index (χ2v) is 14.6. The lowest BCUT2D eigenvalue weighted by atomic mass is 10.0. The van der Waals surface area contributed by atoms with Crippen molar-refractivity contribution in [3.05, 3.63) is 104 Å². The zero-order chi connectivity index (χ0) is 35.2. The number of unbranched alkanes of at least 4 members (excludes halogenated alkanes) is 1. The van der Waals surface area contributed by atoms with Crippen molar-refractivity contribution in [2.45, 2.75) is 78.7 Å². The molecule has 0 aliphatic heterocycles. The number of aromatic nitrogens is 2. The number of urea groups is 1. The standard InChI is InChI=1S/C37H48N6O4S2/c1-27(2)33(40-36(45)41(5)23-31-25-48-34(39-31)28(3)4)35(44)42(21-29-14-8-6-9-15-29)18-12-13-19-43(22-30-16-10-7-11-17-30)37(46)47-24-32-20-38-26-49-32/h6-11,14-17,20,25-28,33H,12-13,18-19,21-24H2,1-5H3,(H,40,45). The van der Waals surface area contributed by atoms with Crippen LogP contribution < -0.4 is 5.32 Å². The van der Waals surface area contributed by atoms with Gasteiger partial charge in [0.2, 0.25) is 5.91 Å². The number of hydrogen-bond acceptors (Lipinski definition) is 8. The summed E-state index contributed by atoms with van der Waals surface area (Å²) in [5.74, 6) is 0.0532. The highest BCUT2D eigenvalue weighted by Crippen LogP contribution is 2.20. The molecule has 4 amide bonds. The smallest absolute Gasteiger partial charge is 0.410 e. The third kappa shape index (κ3) is 12.0. The van der Waals surface area contributed by atoms with Gasteiger partial charge in [0.25, 0.3) is 0 Å². The van der Waals surface area contributed by atoms with Gasteiger partial charge in [-0.25, -0.2) is 14.6 Å². The summed E-state index contributed by atoms with van der Waals surface area (Å²) in [4.78, 5) is 55.3. The molecule has 2 aromatic carbocycles. The van der Waals surface area contributed by atoms with Crippen LogP contribution in [0.1, 0.15) is 73.2 Å². The van der Waals surface area contributed by atoms with Crippen LogP contribution in [0.2, 0.25) is 0 Å². The number of amides is 4. The Kier molecular flexibility index (Phi) is 14.6. The predicted octanol–water partition coefficient (Wildman–Crippen LogP) is 7.54.